The fourth-order valence-electron chi connectivity index (χ4n) is 3.98. The fraction of sp³-hybridized carbons (Fsp3) is 0.765. The van der Waals surface area contributed by atoms with Crippen LogP contribution in [0.3, 0.4) is 0 Å². The molecule has 0 unspecified atom stereocenters. The lowest BCUT2D eigenvalue weighted by molar-refractivity contribution is -0.131. The Morgan fingerprint density at radius 1 is 1.05 bits per heavy atom. The van der Waals surface area contributed by atoms with Crippen LogP contribution in [0.15, 0.2) is 12.2 Å². The average molecular weight is 275 g/mol. The molecular weight excluding hydrogens is 250 g/mol. The predicted octanol–water partition coefficient (Wildman–Crippen LogP) is 4.15. The molecule has 0 radical (unpaired) electrons. The van der Waals surface area contributed by atoms with Gasteiger partial charge in [-0.05, 0) is 75.5 Å². The van der Waals surface area contributed by atoms with Crippen LogP contribution in [0.5, 0.6) is 0 Å². The molecule has 110 valence electrons. The summed E-state index contributed by atoms with van der Waals surface area (Å²) in [6.45, 7) is 0. The third-order valence-corrected chi connectivity index (χ3v) is 5.24. The molecule has 0 saturated heterocycles. The zero-order valence-electron chi connectivity index (χ0n) is 12.1. The molecule has 2 saturated carbocycles. The zero-order valence-corrected chi connectivity index (χ0v) is 12.1. The van der Waals surface area contributed by atoms with Crippen LogP contribution in [0.2, 0.25) is 0 Å². The van der Waals surface area contributed by atoms with Crippen LogP contribution in [0.1, 0.15) is 57.8 Å². The van der Waals surface area contributed by atoms with E-state index < -0.39 is 5.97 Å². The van der Waals surface area contributed by atoms with E-state index >= 15 is 0 Å². The summed E-state index contributed by atoms with van der Waals surface area (Å²) >= 11 is 0. The Kier molecular flexibility index (Phi) is 5.64. The predicted molar refractivity (Wildman–Crippen MR) is 77.9 cm³/mol. The molecule has 0 heterocycles. The minimum atomic E-state index is -0.840. The summed E-state index contributed by atoms with van der Waals surface area (Å²) in [6.07, 6.45) is 13.8. The topological polar surface area (TPSA) is 61.1 Å². The number of hydrogen-bond donors (Lipinski definition) is 1. The summed E-state index contributed by atoms with van der Waals surface area (Å²) < 4.78 is 0. The summed E-state index contributed by atoms with van der Waals surface area (Å²) in [6, 6.07) is 2.41. The third kappa shape index (κ3) is 4.37. The van der Waals surface area contributed by atoms with Crippen molar-refractivity contribution in [1.29, 1.82) is 5.26 Å². The molecule has 0 spiro atoms. The summed E-state index contributed by atoms with van der Waals surface area (Å²) in [4.78, 5) is 10.4. The van der Waals surface area contributed by atoms with E-state index in [1.807, 2.05) is 6.08 Å². The molecular formula is C17H25NO2. The smallest absolute Gasteiger partial charge is 0.327 e. The van der Waals surface area contributed by atoms with E-state index in [2.05, 4.69) is 6.07 Å². The Bertz CT molecular complexity index is 380. The number of nitrogens with zero attached hydrogens (tertiary/aromatic N) is 1. The van der Waals surface area contributed by atoms with E-state index in [-0.39, 0.29) is 0 Å². The summed E-state index contributed by atoms with van der Waals surface area (Å²) in [7, 11) is 0. The van der Waals surface area contributed by atoms with Crippen molar-refractivity contribution in [3.63, 3.8) is 0 Å². The molecule has 0 atom stereocenters. The van der Waals surface area contributed by atoms with Gasteiger partial charge in [0, 0.05) is 12.0 Å². The highest BCUT2D eigenvalue weighted by molar-refractivity contribution is 5.79. The average Bonchev–Trinajstić information content (AvgIpc) is 2.48. The Labute approximate surface area is 121 Å². The molecule has 20 heavy (non-hydrogen) atoms. The van der Waals surface area contributed by atoms with Crippen LogP contribution in [-0.2, 0) is 4.79 Å². The Hall–Kier alpha value is -1.30. The quantitative estimate of drug-likeness (QED) is 0.784. The minimum absolute atomic E-state index is 0.309. The van der Waals surface area contributed by atoms with Gasteiger partial charge in [-0.15, -0.1) is 0 Å². The number of aliphatic carboxylic acids is 1. The monoisotopic (exact) mass is 275 g/mol. The molecule has 2 aliphatic carbocycles. The first-order valence-electron chi connectivity index (χ1n) is 7.98. The Morgan fingerprint density at radius 2 is 1.60 bits per heavy atom. The summed E-state index contributed by atoms with van der Waals surface area (Å²) in [5.41, 5.74) is 0. The summed E-state index contributed by atoms with van der Waals surface area (Å²) in [5.74, 6) is 1.85. The van der Waals surface area contributed by atoms with Crippen LogP contribution < -0.4 is 0 Å². The second kappa shape index (κ2) is 7.47. The van der Waals surface area contributed by atoms with E-state index in [4.69, 9.17) is 10.4 Å². The van der Waals surface area contributed by atoms with Gasteiger partial charge in [-0.3, -0.25) is 0 Å². The van der Waals surface area contributed by atoms with Crippen molar-refractivity contribution in [3.05, 3.63) is 12.2 Å². The molecule has 0 aromatic rings. The van der Waals surface area contributed by atoms with E-state index in [0.717, 1.165) is 31.1 Å². The van der Waals surface area contributed by atoms with E-state index in [1.54, 1.807) is 0 Å². The SMILES string of the molecule is N#CC1CCC(C2CCC(CC=CC(=O)O)CC2)CC1. The van der Waals surface area contributed by atoms with Gasteiger partial charge in [0.15, 0.2) is 0 Å². The number of allylic oxidation sites excluding steroid dienone is 1. The summed E-state index contributed by atoms with van der Waals surface area (Å²) in [5, 5.41) is 17.5. The molecule has 0 aromatic heterocycles. The molecule has 0 bridgehead atoms. The molecule has 2 fully saturated rings. The molecule has 2 rings (SSSR count). The second-order valence-corrected chi connectivity index (χ2v) is 6.50. The second-order valence-electron chi connectivity index (χ2n) is 6.50. The van der Waals surface area contributed by atoms with Gasteiger partial charge in [0.05, 0.1) is 6.07 Å². The van der Waals surface area contributed by atoms with Gasteiger partial charge in [0.1, 0.15) is 0 Å². The van der Waals surface area contributed by atoms with Gasteiger partial charge in [-0.2, -0.15) is 5.26 Å². The van der Waals surface area contributed by atoms with Crippen molar-refractivity contribution >= 4 is 5.97 Å². The number of carboxylic acids is 1. The van der Waals surface area contributed by atoms with Crippen LogP contribution in [0, 0.1) is 35.0 Å². The zero-order chi connectivity index (χ0) is 14.4. The molecule has 0 amide bonds. The number of carbonyl (C=O) groups is 1. The largest absolute Gasteiger partial charge is 0.478 e. The van der Waals surface area contributed by atoms with Gasteiger partial charge < -0.3 is 5.11 Å². The van der Waals surface area contributed by atoms with Crippen molar-refractivity contribution in [2.24, 2.45) is 23.7 Å². The first kappa shape index (κ1) is 15.1. The van der Waals surface area contributed by atoms with Gasteiger partial charge in [0.25, 0.3) is 0 Å². The molecule has 3 heteroatoms. The van der Waals surface area contributed by atoms with Crippen molar-refractivity contribution in [1.82, 2.24) is 0 Å². The highest BCUT2D eigenvalue weighted by Gasteiger charge is 2.30. The van der Waals surface area contributed by atoms with Crippen molar-refractivity contribution in [2.45, 2.75) is 57.8 Å². The van der Waals surface area contributed by atoms with E-state index in [0.29, 0.717) is 11.8 Å². The van der Waals surface area contributed by atoms with Crippen molar-refractivity contribution in [3.8, 4) is 6.07 Å². The maximum absolute atomic E-state index is 10.4. The normalized spacial score (nSPS) is 34.8. The lowest BCUT2D eigenvalue weighted by Gasteiger charge is -2.36. The molecule has 1 N–H and O–H groups in total. The van der Waals surface area contributed by atoms with Gasteiger partial charge in [-0.1, -0.05) is 6.08 Å². The maximum atomic E-state index is 10.4. The molecule has 0 aliphatic heterocycles. The Morgan fingerprint density at radius 3 is 2.10 bits per heavy atom. The first-order chi connectivity index (χ1) is 9.69. The first-order valence-corrected chi connectivity index (χ1v) is 7.98. The van der Waals surface area contributed by atoms with Crippen LogP contribution in [0.4, 0.5) is 0 Å². The van der Waals surface area contributed by atoms with Crippen molar-refractivity contribution in [2.75, 3.05) is 0 Å². The third-order valence-electron chi connectivity index (χ3n) is 5.24. The van der Waals surface area contributed by atoms with E-state index in [1.165, 1.54) is 44.6 Å². The van der Waals surface area contributed by atoms with E-state index in [9.17, 15) is 4.79 Å². The van der Waals surface area contributed by atoms with Crippen LogP contribution >= 0.6 is 0 Å². The molecule has 2 aliphatic rings. The van der Waals surface area contributed by atoms with Crippen LogP contribution in [0.25, 0.3) is 0 Å². The Balaban J connectivity index is 1.69. The van der Waals surface area contributed by atoms with Gasteiger partial charge >= 0.3 is 5.97 Å². The maximum Gasteiger partial charge on any atom is 0.327 e. The minimum Gasteiger partial charge on any atom is -0.478 e. The van der Waals surface area contributed by atoms with Crippen molar-refractivity contribution < 1.29 is 9.90 Å². The fourth-order valence-corrected chi connectivity index (χ4v) is 3.98. The van der Waals surface area contributed by atoms with Gasteiger partial charge in [-0.25, -0.2) is 4.79 Å². The standard InChI is InChI=1S/C17H25NO2/c18-12-14-6-10-16(11-7-14)15-8-4-13(5-9-15)2-1-3-17(19)20/h1,3,13-16H,2,4-11H2,(H,19,20). The highest BCUT2D eigenvalue weighted by Crippen LogP contribution is 2.41. The highest BCUT2D eigenvalue weighted by atomic mass is 16.4. The lowest BCUT2D eigenvalue weighted by Crippen LogP contribution is -2.25. The van der Waals surface area contributed by atoms with Crippen LogP contribution in [-0.4, -0.2) is 11.1 Å². The number of nitriles is 1. The lowest BCUT2D eigenvalue weighted by atomic mass is 9.69. The number of rotatable bonds is 4. The number of hydrogen-bond acceptors (Lipinski definition) is 2. The molecule has 3 nitrogen and oxygen atoms in total. The van der Waals surface area contributed by atoms with Gasteiger partial charge in [0.2, 0.25) is 0 Å². The number of carboxylic acid groups (broad SMARTS) is 1. The molecule has 0 aromatic carbocycles.